The first kappa shape index (κ1) is 20.5. The number of piperazine rings is 1. The molecule has 3 heterocycles. The van der Waals surface area contributed by atoms with Crippen molar-refractivity contribution in [3.8, 4) is 22.8 Å². The van der Waals surface area contributed by atoms with Crippen LogP contribution >= 0.6 is 0 Å². The molecule has 160 valence electrons. The first-order valence-corrected chi connectivity index (χ1v) is 9.86. The Morgan fingerprint density at radius 3 is 2.55 bits per heavy atom. The number of likely N-dealkylation sites (N-methyl/N-ethyl adjacent to an activating group) is 1. The van der Waals surface area contributed by atoms with E-state index in [0.29, 0.717) is 30.4 Å². The highest BCUT2D eigenvalue weighted by molar-refractivity contribution is 5.96. The summed E-state index contributed by atoms with van der Waals surface area (Å²) in [6, 6.07) is 13.9. The van der Waals surface area contributed by atoms with Crippen LogP contribution in [0.3, 0.4) is 0 Å². The van der Waals surface area contributed by atoms with E-state index in [4.69, 9.17) is 4.74 Å². The van der Waals surface area contributed by atoms with Gasteiger partial charge in [-0.2, -0.15) is 5.10 Å². The highest BCUT2D eigenvalue weighted by Gasteiger charge is 2.35. The van der Waals surface area contributed by atoms with Gasteiger partial charge in [0.05, 0.1) is 24.7 Å². The first-order chi connectivity index (χ1) is 15.0. The molecule has 4 rings (SSSR count). The van der Waals surface area contributed by atoms with Crippen LogP contribution < -0.4 is 4.74 Å². The smallest absolute Gasteiger partial charge is 0.327 e. The third kappa shape index (κ3) is 4.13. The molecule has 1 atom stereocenters. The topological polar surface area (TPSA) is 101 Å². The predicted octanol–water partition coefficient (Wildman–Crippen LogP) is 1.78. The molecule has 2 aromatic heterocycles. The van der Waals surface area contributed by atoms with Gasteiger partial charge in [-0.15, -0.1) is 0 Å². The van der Waals surface area contributed by atoms with Crippen LogP contribution in [0.15, 0.2) is 54.7 Å². The van der Waals surface area contributed by atoms with Crippen LogP contribution in [0.4, 0.5) is 0 Å². The van der Waals surface area contributed by atoms with E-state index in [-0.39, 0.29) is 12.2 Å². The van der Waals surface area contributed by atoms with Crippen molar-refractivity contribution in [3.05, 3.63) is 60.4 Å². The molecule has 0 aliphatic carbocycles. The van der Waals surface area contributed by atoms with Gasteiger partial charge in [0.15, 0.2) is 5.69 Å². The molecule has 9 nitrogen and oxygen atoms in total. The van der Waals surface area contributed by atoms with Gasteiger partial charge in [0.1, 0.15) is 6.04 Å². The summed E-state index contributed by atoms with van der Waals surface area (Å²) in [5.41, 5.74) is 2.42. The van der Waals surface area contributed by atoms with E-state index in [1.165, 1.54) is 12.0 Å². The fourth-order valence-corrected chi connectivity index (χ4v) is 3.64. The number of carboxylic acids is 1. The van der Waals surface area contributed by atoms with E-state index in [9.17, 15) is 14.7 Å². The zero-order chi connectivity index (χ0) is 22.0. The molecule has 1 aliphatic heterocycles. The van der Waals surface area contributed by atoms with Crippen molar-refractivity contribution in [1.29, 1.82) is 0 Å². The number of aliphatic carboxylic acids is 1. The molecule has 1 aliphatic rings. The number of rotatable bonds is 5. The Kier molecular flexibility index (Phi) is 5.68. The average Bonchev–Trinajstić information content (AvgIpc) is 3.24. The monoisotopic (exact) mass is 421 g/mol. The zero-order valence-electron chi connectivity index (χ0n) is 17.3. The summed E-state index contributed by atoms with van der Waals surface area (Å²) in [5, 5.41) is 14.2. The van der Waals surface area contributed by atoms with Gasteiger partial charge in [-0.05, 0) is 19.2 Å². The number of hydrogen-bond donors (Lipinski definition) is 1. The minimum atomic E-state index is -1.03. The van der Waals surface area contributed by atoms with E-state index >= 15 is 0 Å². The Hall–Kier alpha value is -3.72. The van der Waals surface area contributed by atoms with Crippen LogP contribution in [0.5, 0.6) is 5.88 Å². The van der Waals surface area contributed by atoms with Crippen molar-refractivity contribution in [1.82, 2.24) is 24.6 Å². The number of pyridine rings is 1. The van der Waals surface area contributed by atoms with E-state index in [2.05, 4.69) is 10.1 Å². The van der Waals surface area contributed by atoms with E-state index in [1.54, 1.807) is 29.1 Å². The molecule has 3 aromatic rings. The van der Waals surface area contributed by atoms with Gasteiger partial charge >= 0.3 is 5.97 Å². The molecule has 31 heavy (non-hydrogen) atoms. The van der Waals surface area contributed by atoms with Crippen LogP contribution in [-0.4, -0.2) is 81.4 Å². The highest BCUT2D eigenvalue weighted by atomic mass is 16.5. The zero-order valence-corrected chi connectivity index (χ0v) is 17.3. The normalized spacial score (nSPS) is 16.8. The molecule has 0 radical (unpaired) electrons. The number of carboxylic acid groups (broad SMARTS) is 1. The van der Waals surface area contributed by atoms with E-state index in [1.807, 2.05) is 42.3 Å². The third-order valence-corrected chi connectivity index (χ3v) is 5.30. The van der Waals surface area contributed by atoms with Crippen molar-refractivity contribution in [2.45, 2.75) is 6.04 Å². The van der Waals surface area contributed by atoms with Gasteiger partial charge in [0.2, 0.25) is 5.88 Å². The summed E-state index contributed by atoms with van der Waals surface area (Å²) in [5.74, 6) is -0.963. The van der Waals surface area contributed by atoms with Crippen LogP contribution in [0, 0.1) is 0 Å². The van der Waals surface area contributed by atoms with E-state index < -0.39 is 17.9 Å². The van der Waals surface area contributed by atoms with Crippen molar-refractivity contribution >= 4 is 11.9 Å². The number of carbonyl (C=O) groups excluding carboxylic acids is 1. The SMILES string of the molecule is COc1ccc(-n2nc(C(=O)N3CCN(C)CC3C(=O)O)cc2-c2ccccc2)cn1. The molecule has 1 saturated heterocycles. The quantitative estimate of drug-likeness (QED) is 0.670. The van der Waals surface area contributed by atoms with Crippen LogP contribution in [0.2, 0.25) is 0 Å². The van der Waals surface area contributed by atoms with Gasteiger partial charge in [-0.3, -0.25) is 4.79 Å². The third-order valence-electron chi connectivity index (χ3n) is 5.30. The van der Waals surface area contributed by atoms with Crippen LogP contribution in [0.1, 0.15) is 10.5 Å². The maximum atomic E-state index is 13.3. The molecule has 1 amide bonds. The second-order valence-electron chi connectivity index (χ2n) is 7.37. The van der Waals surface area contributed by atoms with Gasteiger partial charge < -0.3 is 19.6 Å². The lowest BCUT2D eigenvalue weighted by Crippen LogP contribution is -2.57. The minimum absolute atomic E-state index is 0.186. The van der Waals surface area contributed by atoms with Crippen LogP contribution in [-0.2, 0) is 4.79 Å². The lowest BCUT2D eigenvalue weighted by Gasteiger charge is -2.37. The Morgan fingerprint density at radius 1 is 1.13 bits per heavy atom. The number of benzene rings is 1. The molecule has 0 spiro atoms. The van der Waals surface area contributed by atoms with Gasteiger partial charge in [-0.25, -0.2) is 14.5 Å². The summed E-state index contributed by atoms with van der Waals surface area (Å²) in [4.78, 5) is 32.6. The maximum absolute atomic E-state index is 13.3. The lowest BCUT2D eigenvalue weighted by atomic mass is 10.1. The Balaban J connectivity index is 1.75. The second kappa shape index (κ2) is 8.57. The summed E-state index contributed by atoms with van der Waals surface area (Å²) in [6.07, 6.45) is 1.61. The molecular weight excluding hydrogens is 398 g/mol. The van der Waals surface area contributed by atoms with Gasteiger partial charge in [0, 0.05) is 31.3 Å². The predicted molar refractivity (Wildman–Crippen MR) is 113 cm³/mol. The summed E-state index contributed by atoms with van der Waals surface area (Å²) < 4.78 is 6.76. The molecule has 1 unspecified atom stereocenters. The molecule has 0 bridgehead atoms. The summed E-state index contributed by atoms with van der Waals surface area (Å²) in [6.45, 7) is 1.20. The van der Waals surface area contributed by atoms with Crippen molar-refractivity contribution in [2.24, 2.45) is 0 Å². The first-order valence-electron chi connectivity index (χ1n) is 9.86. The van der Waals surface area contributed by atoms with Gasteiger partial charge in [0.25, 0.3) is 5.91 Å². The molecule has 9 heteroatoms. The summed E-state index contributed by atoms with van der Waals surface area (Å²) >= 11 is 0. The van der Waals surface area contributed by atoms with Crippen LogP contribution in [0.25, 0.3) is 16.9 Å². The molecule has 0 saturated carbocycles. The molecule has 1 N–H and O–H groups in total. The lowest BCUT2D eigenvalue weighted by molar-refractivity contribution is -0.144. The number of ether oxygens (including phenoxy) is 1. The molecule has 1 aromatic carbocycles. The number of aromatic nitrogens is 3. The van der Waals surface area contributed by atoms with Crippen molar-refractivity contribution in [2.75, 3.05) is 33.8 Å². The summed E-state index contributed by atoms with van der Waals surface area (Å²) in [7, 11) is 3.38. The number of hydrogen-bond acceptors (Lipinski definition) is 6. The molecular formula is C22H23N5O4. The largest absolute Gasteiger partial charge is 0.481 e. The number of nitrogens with zero attached hydrogens (tertiary/aromatic N) is 5. The van der Waals surface area contributed by atoms with Crippen molar-refractivity contribution < 1.29 is 19.4 Å². The number of carbonyl (C=O) groups is 2. The Labute approximate surface area is 179 Å². The maximum Gasteiger partial charge on any atom is 0.327 e. The standard InChI is InChI=1S/C22H23N5O4/c1-25-10-11-26(19(14-25)22(29)30)21(28)17-12-18(15-6-4-3-5-7-15)27(24-17)16-8-9-20(31-2)23-13-16/h3-9,12-13,19H,10-11,14H2,1-2H3,(H,29,30). The fourth-order valence-electron chi connectivity index (χ4n) is 3.64. The second-order valence-corrected chi connectivity index (χ2v) is 7.37. The number of methoxy groups -OCH3 is 1. The molecule has 1 fully saturated rings. The average molecular weight is 421 g/mol. The highest BCUT2D eigenvalue weighted by Crippen LogP contribution is 2.25. The van der Waals surface area contributed by atoms with Crippen molar-refractivity contribution in [3.63, 3.8) is 0 Å². The van der Waals surface area contributed by atoms with E-state index in [0.717, 1.165) is 5.56 Å². The fraction of sp³-hybridized carbons (Fsp3) is 0.273. The number of amides is 1. The Morgan fingerprint density at radius 2 is 1.90 bits per heavy atom. The van der Waals surface area contributed by atoms with Gasteiger partial charge in [-0.1, -0.05) is 30.3 Å². The minimum Gasteiger partial charge on any atom is -0.481 e. The Bertz CT molecular complexity index is 1080.